The van der Waals surface area contributed by atoms with Gasteiger partial charge in [0.1, 0.15) is 11.6 Å². The quantitative estimate of drug-likeness (QED) is 0.572. The molecule has 0 fully saturated rings. The summed E-state index contributed by atoms with van der Waals surface area (Å²) >= 11 is 6.01. The maximum atomic E-state index is 6.01. The lowest BCUT2D eigenvalue weighted by atomic mass is 10.1. The van der Waals surface area contributed by atoms with Gasteiger partial charge < -0.3 is 15.4 Å². The van der Waals surface area contributed by atoms with E-state index >= 15 is 0 Å². The SMILES string of the molecule is COc1ccccc1CCNc1ccnc(NCCc2cccc(Cl)c2)n1. The molecule has 0 aliphatic heterocycles. The summed E-state index contributed by atoms with van der Waals surface area (Å²) in [6.45, 7) is 1.50. The molecule has 1 heterocycles. The predicted octanol–water partition coefficient (Wildman–Crippen LogP) is 4.45. The Hall–Kier alpha value is -2.79. The summed E-state index contributed by atoms with van der Waals surface area (Å²) in [5, 5.41) is 7.34. The first kappa shape index (κ1) is 19.0. The van der Waals surface area contributed by atoms with E-state index in [4.69, 9.17) is 16.3 Å². The molecule has 0 spiro atoms. The van der Waals surface area contributed by atoms with E-state index in [-0.39, 0.29) is 0 Å². The molecular formula is C21H23ClN4O. The number of benzene rings is 2. The maximum Gasteiger partial charge on any atom is 0.224 e. The van der Waals surface area contributed by atoms with E-state index < -0.39 is 0 Å². The topological polar surface area (TPSA) is 59.1 Å². The Morgan fingerprint density at radius 3 is 2.67 bits per heavy atom. The Kier molecular flexibility index (Phi) is 6.88. The van der Waals surface area contributed by atoms with E-state index in [0.29, 0.717) is 5.95 Å². The molecule has 3 rings (SSSR count). The van der Waals surface area contributed by atoms with E-state index in [1.54, 1.807) is 13.3 Å². The smallest absolute Gasteiger partial charge is 0.224 e. The van der Waals surface area contributed by atoms with Crippen molar-refractivity contribution in [2.75, 3.05) is 30.8 Å². The van der Waals surface area contributed by atoms with E-state index in [9.17, 15) is 0 Å². The highest BCUT2D eigenvalue weighted by Crippen LogP contribution is 2.18. The zero-order valence-corrected chi connectivity index (χ0v) is 16.0. The van der Waals surface area contributed by atoms with Crippen LogP contribution >= 0.6 is 11.6 Å². The van der Waals surface area contributed by atoms with Gasteiger partial charge in [-0.1, -0.05) is 41.9 Å². The summed E-state index contributed by atoms with van der Waals surface area (Å²) in [5.74, 6) is 2.31. The van der Waals surface area contributed by atoms with Crippen LogP contribution in [0.15, 0.2) is 60.8 Å². The molecule has 0 aliphatic rings. The number of ether oxygens (including phenoxy) is 1. The molecule has 2 aromatic carbocycles. The summed E-state index contributed by atoms with van der Waals surface area (Å²) in [7, 11) is 1.69. The molecule has 0 saturated carbocycles. The number of aromatic nitrogens is 2. The molecule has 140 valence electrons. The van der Waals surface area contributed by atoms with Crippen molar-refractivity contribution >= 4 is 23.4 Å². The Labute approximate surface area is 164 Å². The summed E-state index contributed by atoms with van der Waals surface area (Å²) in [4.78, 5) is 8.78. The fourth-order valence-corrected chi connectivity index (χ4v) is 3.00. The summed E-state index contributed by atoms with van der Waals surface area (Å²) in [6, 6.07) is 17.8. The number of halogens is 1. The highest BCUT2D eigenvalue weighted by Gasteiger charge is 2.03. The highest BCUT2D eigenvalue weighted by atomic mass is 35.5. The molecule has 27 heavy (non-hydrogen) atoms. The third-order valence-corrected chi connectivity index (χ3v) is 4.37. The number of para-hydroxylation sites is 1. The fraction of sp³-hybridized carbons (Fsp3) is 0.238. The van der Waals surface area contributed by atoms with Crippen LogP contribution in [-0.2, 0) is 12.8 Å². The third-order valence-electron chi connectivity index (χ3n) is 4.13. The molecule has 2 N–H and O–H groups in total. The second-order valence-electron chi connectivity index (χ2n) is 6.06. The molecule has 6 heteroatoms. The zero-order valence-electron chi connectivity index (χ0n) is 15.3. The second kappa shape index (κ2) is 9.78. The molecule has 0 unspecified atom stereocenters. The first-order chi connectivity index (χ1) is 13.2. The Balaban J connectivity index is 1.48. The van der Waals surface area contributed by atoms with Crippen LogP contribution in [0.5, 0.6) is 5.75 Å². The minimum absolute atomic E-state index is 0.610. The standard InChI is InChI=1S/C21H23ClN4O/c1-27-19-8-3-2-6-17(19)10-13-23-20-11-14-25-21(26-20)24-12-9-16-5-4-7-18(22)15-16/h2-8,11,14-15H,9-10,12-13H2,1H3,(H2,23,24,25,26). The summed E-state index contributed by atoms with van der Waals surface area (Å²) < 4.78 is 5.38. The van der Waals surface area contributed by atoms with Crippen LogP contribution in [0.2, 0.25) is 5.02 Å². The van der Waals surface area contributed by atoms with E-state index in [1.165, 1.54) is 11.1 Å². The lowest BCUT2D eigenvalue weighted by Crippen LogP contribution is -2.11. The van der Waals surface area contributed by atoms with Gasteiger partial charge >= 0.3 is 0 Å². The molecular weight excluding hydrogens is 360 g/mol. The fourth-order valence-electron chi connectivity index (χ4n) is 2.79. The van der Waals surface area contributed by atoms with Gasteiger partial charge in [0, 0.05) is 24.3 Å². The molecule has 0 radical (unpaired) electrons. The van der Waals surface area contributed by atoms with Crippen LogP contribution in [0.25, 0.3) is 0 Å². The lowest BCUT2D eigenvalue weighted by Gasteiger charge is -2.10. The number of anilines is 2. The van der Waals surface area contributed by atoms with Crippen molar-refractivity contribution in [2.24, 2.45) is 0 Å². The first-order valence-corrected chi connectivity index (χ1v) is 9.29. The molecule has 0 aliphatic carbocycles. The number of nitrogens with one attached hydrogen (secondary N) is 2. The van der Waals surface area contributed by atoms with Crippen LogP contribution in [-0.4, -0.2) is 30.2 Å². The number of hydrogen-bond donors (Lipinski definition) is 2. The predicted molar refractivity (Wildman–Crippen MR) is 111 cm³/mol. The number of methoxy groups -OCH3 is 1. The third kappa shape index (κ3) is 5.86. The Morgan fingerprint density at radius 2 is 1.81 bits per heavy atom. The maximum absolute atomic E-state index is 6.01. The lowest BCUT2D eigenvalue weighted by molar-refractivity contribution is 0.410. The van der Waals surface area contributed by atoms with Crippen molar-refractivity contribution in [1.29, 1.82) is 0 Å². The Bertz CT molecular complexity index is 872. The molecule has 0 atom stereocenters. The van der Waals surface area contributed by atoms with Crippen LogP contribution in [0.4, 0.5) is 11.8 Å². The summed E-state index contributed by atoms with van der Waals surface area (Å²) in [5.41, 5.74) is 2.35. The molecule has 3 aromatic rings. The van der Waals surface area contributed by atoms with Crippen molar-refractivity contribution in [3.05, 3.63) is 76.9 Å². The van der Waals surface area contributed by atoms with Crippen molar-refractivity contribution in [3.8, 4) is 5.75 Å². The minimum atomic E-state index is 0.610. The Morgan fingerprint density at radius 1 is 0.963 bits per heavy atom. The van der Waals surface area contributed by atoms with Crippen molar-refractivity contribution in [3.63, 3.8) is 0 Å². The van der Waals surface area contributed by atoms with Gasteiger partial charge in [0.25, 0.3) is 0 Å². The van der Waals surface area contributed by atoms with Gasteiger partial charge in [-0.2, -0.15) is 4.98 Å². The van der Waals surface area contributed by atoms with Crippen LogP contribution in [0.3, 0.4) is 0 Å². The highest BCUT2D eigenvalue weighted by molar-refractivity contribution is 6.30. The molecule has 5 nitrogen and oxygen atoms in total. The van der Waals surface area contributed by atoms with Crippen molar-refractivity contribution < 1.29 is 4.74 Å². The van der Waals surface area contributed by atoms with Crippen LogP contribution < -0.4 is 15.4 Å². The van der Waals surface area contributed by atoms with Gasteiger partial charge in [-0.15, -0.1) is 0 Å². The number of nitrogens with zero attached hydrogens (tertiary/aromatic N) is 2. The molecule has 0 amide bonds. The van der Waals surface area contributed by atoms with Gasteiger partial charge in [-0.25, -0.2) is 4.98 Å². The van der Waals surface area contributed by atoms with Crippen molar-refractivity contribution in [1.82, 2.24) is 9.97 Å². The summed E-state index contributed by atoms with van der Waals surface area (Å²) in [6.07, 6.45) is 3.46. The van der Waals surface area contributed by atoms with E-state index in [1.807, 2.05) is 42.5 Å². The molecule has 0 saturated heterocycles. The van der Waals surface area contributed by atoms with Crippen LogP contribution in [0.1, 0.15) is 11.1 Å². The largest absolute Gasteiger partial charge is 0.496 e. The van der Waals surface area contributed by atoms with Gasteiger partial charge in [0.05, 0.1) is 7.11 Å². The zero-order chi connectivity index (χ0) is 18.9. The average molecular weight is 383 g/mol. The van der Waals surface area contributed by atoms with Crippen LogP contribution in [0, 0.1) is 0 Å². The minimum Gasteiger partial charge on any atom is -0.496 e. The average Bonchev–Trinajstić information content (AvgIpc) is 2.69. The first-order valence-electron chi connectivity index (χ1n) is 8.92. The number of hydrogen-bond acceptors (Lipinski definition) is 5. The van der Waals surface area contributed by atoms with Gasteiger partial charge in [0.15, 0.2) is 0 Å². The van der Waals surface area contributed by atoms with Gasteiger partial charge in [0.2, 0.25) is 5.95 Å². The normalized spacial score (nSPS) is 10.4. The van der Waals surface area contributed by atoms with Gasteiger partial charge in [-0.05, 0) is 48.2 Å². The van der Waals surface area contributed by atoms with Gasteiger partial charge in [-0.3, -0.25) is 0 Å². The molecule has 1 aromatic heterocycles. The van der Waals surface area contributed by atoms with E-state index in [2.05, 4.69) is 32.7 Å². The number of rotatable bonds is 9. The second-order valence-corrected chi connectivity index (χ2v) is 6.50. The van der Waals surface area contributed by atoms with Crippen molar-refractivity contribution in [2.45, 2.75) is 12.8 Å². The van der Waals surface area contributed by atoms with E-state index in [0.717, 1.165) is 42.5 Å². The monoisotopic (exact) mass is 382 g/mol. The molecule has 0 bridgehead atoms.